The largest absolute Gasteiger partial charge is 0.383 e. The fourth-order valence-corrected chi connectivity index (χ4v) is 2.48. The van der Waals surface area contributed by atoms with E-state index in [1.54, 1.807) is 11.8 Å². The molecule has 0 atom stereocenters. The molecule has 2 aromatic rings. The quantitative estimate of drug-likeness (QED) is 0.880. The Morgan fingerprint density at radius 3 is 2.71 bits per heavy atom. The van der Waals surface area contributed by atoms with E-state index in [1.807, 2.05) is 23.0 Å². The molecule has 1 aromatic heterocycles. The highest BCUT2D eigenvalue weighted by Gasteiger charge is 2.07. The standard InChI is InChI=1S/C12H14BrN3S/c1-2-17-11-7-15-16(12(11)14)8-9-3-5-10(13)6-4-9/h3-7H,2,8,14H2,1H3. The van der Waals surface area contributed by atoms with Gasteiger partial charge < -0.3 is 5.73 Å². The van der Waals surface area contributed by atoms with Gasteiger partial charge in [0.05, 0.1) is 17.6 Å². The third kappa shape index (κ3) is 3.04. The summed E-state index contributed by atoms with van der Waals surface area (Å²) in [7, 11) is 0. The van der Waals surface area contributed by atoms with Gasteiger partial charge in [0.25, 0.3) is 0 Å². The minimum atomic E-state index is 0.712. The third-order valence-electron chi connectivity index (χ3n) is 2.39. The molecule has 90 valence electrons. The fraction of sp³-hybridized carbons (Fsp3) is 0.250. The normalized spacial score (nSPS) is 10.7. The van der Waals surface area contributed by atoms with Crippen LogP contribution >= 0.6 is 27.7 Å². The number of thioether (sulfide) groups is 1. The van der Waals surface area contributed by atoms with Gasteiger partial charge in [-0.1, -0.05) is 35.0 Å². The Hall–Kier alpha value is -0.940. The molecule has 0 aliphatic heterocycles. The molecule has 0 radical (unpaired) electrons. The topological polar surface area (TPSA) is 43.8 Å². The summed E-state index contributed by atoms with van der Waals surface area (Å²) < 4.78 is 2.92. The van der Waals surface area contributed by atoms with Gasteiger partial charge in [-0.05, 0) is 23.4 Å². The number of nitrogens with zero attached hydrogens (tertiary/aromatic N) is 2. The van der Waals surface area contributed by atoms with Crippen LogP contribution in [0.3, 0.4) is 0 Å². The van der Waals surface area contributed by atoms with Gasteiger partial charge in [0, 0.05) is 4.47 Å². The molecule has 0 bridgehead atoms. The van der Waals surface area contributed by atoms with E-state index in [0.29, 0.717) is 6.54 Å². The van der Waals surface area contributed by atoms with E-state index in [4.69, 9.17) is 5.73 Å². The lowest BCUT2D eigenvalue weighted by Crippen LogP contribution is -2.05. The van der Waals surface area contributed by atoms with Gasteiger partial charge in [-0.25, -0.2) is 4.68 Å². The molecule has 1 aromatic carbocycles. The van der Waals surface area contributed by atoms with Crippen molar-refractivity contribution in [3.63, 3.8) is 0 Å². The van der Waals surface area contributed by atoms with Crippen LogP contribution in [0.2, 0.25) is 0 Å². The number of hydrogen-bond donors (Lipinski definition) is 1. The van der Waals surface area contributed by atoms with Gasteiger partial charge in [-0.15, -0.1) is 11.8 Å². The number of rotatable bonds is 4. The lowest BCUT2D eigenvalue weighted by molar-refractivity contribution is 0.696. The highest BCUT2D eigenvalue weighted by atomic mass is 79.9. The van der Waals surface area contributed by atoms with E-state index in [1.165, 1.54) is 5.56 Å². The predicted molar refractivity (Wildman–Crippen MR) is 76.3 cm³/mol. The first-order valence-corrected chi connectivity index (χ1v) is 7.17. The van der Waals surface area contributed by atoms with Crippen LogP contribution in [0.5, 0.6) is 0 Å². The van der Waals surface area contributed by atoms with Crippen LogP contribution in [0.15, 0.2) is 39.8 Å². The summed E-state index contributed by atoms with van der Waals surface area (Å²) in [5, 5.41) is 4.31. The van der Waals surface area contributed by atoms with Crippen molar-refractivity contribution in [3.8, 4) is 0 Å². The highest BCUT2D eigenvalue weighted by molar-refractivity contribution is 9.10. The lowest BCUT2D eigenvalue weighted by Gasteiger charge is -2.05. The summed E-state index contributed by atoms with van der Waals surface area (Å²) in [6.45, 7) is 2.82. The average Bonchev–Trinajstić information content (AvgIpc) is 2.65. The first-order chi connectivity index (χ1) is 8.20. The van der Waals surface area contributed by atoms with E-state index in [0.717, 1.165) is 20.9 Å². The zero-order valence-corrected chi connectivity index (χ0v) is 12.0. The zero-order valence-electron chi connectivity index (χ0n) is 9.56. The molecule has 5 heteroatoms. The summed E-state index contributed by atoms with van der Waals surface area (Å²) in [4.78, 5) is 1.06. The number of anilines is 1. The first-order valence-electron chi connectivity index (χ1n) is 5.39. The lowest BCUT2D eigenvalue weighted by atomic mass is 10.2. The Balaban J connectivity index is 2.16. The molecule has 0 aliphatic carbocycles. The van der Waals surface area contributed by atoms with Crippen molar-refractivity contribution < 1.29 is 0 Å². The van der Waals surface area contributed by atoms with Gasteiger partial charge in [-0.3, -0.25) is 0 Å². The van der Waals surface area contributed by atoms with Gasteiger partial charge in [-0.2, -0.15) is 5.10 Å². The molecule has 2 rings (SSSR count). The smallest absolute Gasteiger partial charge is 0.135 e. The van der Waals surface area contributed by atoms with Crippen molar-refractivity contribution in [1.82, 2.24) is 9.78 Å². The van der Waals surface area contributed by atoms with Crippen molar-refractivity contribution in [2.45, 2.75) is 18.4 Å². The fourth-order valence-electron chi connectivity index (χ4n) is 1.53. The molecule has 0 spiro atoms. The number of aromatic nitrogens is 2. The molecule has 3 nitrogen and oxygen atoms in total. The second-order valence-corrected chi connectivity index (χ2v) is 5.83. The first kappa shape index (κ1) is 12.5. The average molecular weight is 312 g/mol. The monoisotopic (exact) mass is 311 g/mol. The summed E-state index contributed by atoms with van der Waals surface area (Å²) in [6, 6.07) is 8.18. The second kappa shape index (κ2) is 5.60. The van der Waals surface area contributed by atoms with Crippen LogP contribution in [0.25, 0.3) is 0 Å². The Morgan fingerprint density at radius 1 is 1.35 bits per heavy atom. The van der Waals surface area contributed by atoms with Crippen molar-refractivity contribution in [2.75, 3.05) is 11.5 Å². The Kier molecular flexibility index (Phi) is 4.12. The molecule has 0 fully saturated rings. The number of hydrogen-bond acceptors (Lipinski definition) is 3. The maximum absolute atomic E-state index is 6.04. The van der Waals surface area contributed by atoms with E-state index in [9.17, 15) is 0 Å². The van der Waals surface area contributed by atoms with E-state index >= 15 is 0 Å². The van der Waals surface area contributed by atoms with Gasteiger partial charge in [0.1, 0.15) is 5.82 Å². The van der Waals surface area contributed by atoms with Crippen LogP contribution in [-0.4, -0.2) is 15.5 Å². The molecule has 2 N–H and O–H groups in total. The maximum atomic E-state index is 6.04. The molecule has 0 saturated heterocycles. The number of benzene rings is 1. The van der Waals surface area contributed by atoms with Gasteiger partial charge in [0.15, 0.2) is 0 Å². The maximum Gasteiger partial charge on any atom is 0.135 e. The van der Waals surface area contributed by atoms with Gasteiger partial charge in [0.2, 0.25) is 0 Å². The van der Waals surface area contributed by atoms with Crippen LogP contribution in [0, 0.1) is 0 Å². The second-order valence-electron chi connectivity index (χ2n) is 3.61. The summed E-state index contributed by atoms with van der Waals surface area (Å²) >= 11 is 5.14. The Morgan fingerprint density at radius 2 is 2.06 bits per heavy atom. The molecular formula is C12H14BrN3S. The number of halogens is 1. The molecule has 0 amide bonds. The predicted octanol–water partition coefficient (Wildman–Crippen LogP) is 3.39. The Labute approximate surface area is 114 Å². The third-order valence-corrected chi connectivity index (χ3v) is 3.83. The molecule has 0 unspecified atom stereocenters. The van der Waals surface area contributed by atoms with Crippen molar-refractivity contribution in [2.24, 2.45) is 0 Å². The summed E-state index contributed by atoms with van der Waals surface area (Å²) in [5.41, 5.74) is 7.23. The number of nitrogen functional groups attached to an aromatic ring is 1. The van der Waals surface area contributed by atoms with Crippen LogP contribution in [-0.2, 0) is 6.54 Å². The molecule has 1 heterocycles. The molecule has 0 saturated carbocycles. The number of nitrogens with two attached hydrogens (primary N) is 1. The van der Waals surface area contributed by atoms with Crippen LogP contribution in [0.1, 0.15) is 12.5 Å². The van der Waals surface area contributed by atoms with Crippen molar-refractivity contribution >= 4 is 33.5 Å². The molecule has 17 heavy (non-hydrogen) atoms. The van der Waals surface area contributed by atoms with E-state index < -0.39 is 0 Å². The molecule has 0 aliphatic rings. The van der Waals surface area contributed by atoms with Gasteiger partial charge >= 0.3 is 0 Å². The van der Waals surface area contributed by atoms with Crippen LogP contribution < -0.4 is 5.73 Å². The molecular weight excluding hydrogens is 298 g/mol. The van der Waals surface area contributed by atoms with Crippen LogP contribution in [0.4, 0.5) is 5.82 Å². The van der Waals surface area contributed by atoms with Crippen molar-refractivity contribution in [1.29, 1.82) is 0 Å². The minimum absolute atomic E-state index is 0.712. The minimum Gasteiger partial charge on any atom is -0.383 e. The zero-order chi connectivity index (χ0) is 12.3. The highest BCUT2D eigenvalue weighted by Crippen LogP contribution is 2.24. The van der Waals surface area contributed by atoms with Crippen molar-refractivity contribution in [3.05, 3.63) is 40.5 Å². The summed E-state index contributed by atoms with van der Waals surface area (Å²) in [6.07, 6.45) is 1.84. The SMILES string of the molecule is CCSc1cnn(Cc2ccc(Br)cc2)c1N. The van der Waals surface area contributed by atoms with E-state index in [2.05, 4.69) is 40.1 Å². The Bertz CT molecular complexity index is 493. The summed E-state index contributed by atoms with van der Waals surface area (Å²) in [5.74, 6) is 1.76. The van der Waals surface area contributed by atoms with E-state index in [-0.39, 0.29) is 0 Å².